The molecular weight excluding hydrogens is 296 g/mol. The Morgan fingerprint density at radius 1 is 1.33 bits per heavy atom. The largest absolute Gasteiger partial charge is 0.450 e. The molecule has 0 aliphatic carbocycles. The zero-order chi connectivity index (χ0) is 15.8. The Morgan fingerprint density at radius 2 is 2.00 bits per heavy atom. The fourth-order valence-corrected chi connectivity index (χ4v) is 1.82. The van der Waals surface area contributed by atoms with Gasteiger partial charge in [0.15, 0.2) is 5.75 Å². The van der Waals surface area contributed by atoms with E-state index in [1.54, 1.807) is 24.3 Å². The number of rotatable bonds is 6. The zero-order valence-corrected chi connectivity index (χ0v) is 12.8. The van der Waals surface area contributed by atoms with Crippen LogP contribution in [-0.2, 0) is 4.74 Å². The lowest BCUT2D eigenvalue weighted by atomic mass is 10.3. The van der Waals surface area contributed by atoms with Gasteiger partial charge in [0.25, 0.3) is 0 Å². The van der Waals surface area contributed by atoms with Gasteiger partial charge < -0.3 is 20.1 Å². The van der Waals surface area contributed by atoms with Crippen LogP contribution in [0.1, 0.15) is 20.3 Å². The zero-order valence-electron chi connectivity index (χ0n) is 12.0. The van der Waals surface area contributed by atoms with Crippen molar-refractivity contribution in [1.82, 2.24) is 4.90 Å². The van der Waals surface area contributed by atoms with Crippen LogP contribution in [0.5, 0.6) is 5.75 Å². The second-order valence-electron chi connectivity index (χ2n) is 4.61. The van der Waals surface area contributed by atoms with E-state index in [9.17, 15) is 9.59 Å². The van der Waals surface area contributed by atoms with Crippen LogP contribution in [0.3, 0.4) is 0 Å². The van der Waals surface area contributed by atoms with E-state index in [0.717, 1.165) is 0 Å². The number of halogens is 1. The molecule has 0 saturated heterocycles. The molecule has 7 heteroatoms. The average Bonchev–Trinajstić information content (AvgIpc) is 2.40. The highest BCUT2D eigenvalue weighted by molar-refractivity contribution is 6.32. The smallest absolute Gasteiger partial charge is 0.415 e. The van der Waals surface area contributed by atoms with Gasteiger partial charge in [-0.3, -0.25) is 0 Å². The average molecular weight is 315 g/mol. The van der Waals surface area contributed by atoms with Crippen LogP contribution >= 0.6 is 11.6 Å². The van der Waals surface area contributed by atoms with Crippen molar-refractivity contribution in [2.45, 2.75) is 26.3 Å². The molecule has 0 unspecified atom stereocenters. The number of benzene rings is 1. The molecule has 0 aliphatic heterocycles. The van der Waals surface area contributed by atoms with Crippen molar-refractivity contribution in [2.24, 2.45) is 5.73 Å². The molecule has 0 atom stereocenters. The van der Waals surface area contributed by atoms with Crippen molar-refractivity contribution < 1.29 is 19.1 Å². The van der Waals surface area contributed by atoms with Gasteiger partial charge in [-0.15, -0.1) is 0 Å². The number of hydrogen-bond donors (Lipinski definition) is 1. The van der Waals surface area contributed by atoms with Crippen molar-refractivity contribution >= 4 is 23.8 Å². The van der Waals surface area contributed by atoms with Gasteiger partial charge in [-0.25, -0.2) is 9.59 Å². The minimum Gasteiger partial charge on any atom is -0.450 e. The molecular formula is C14H19ClN2O4. The Hall–Kier alpha value is -1.95. The maximum atomic E-state index is 12.1. The van der Waals surface area contributed by atoms with Gasteiger partial charge in [0.1, 0.15) is 0 Å². The first-order valence-corrected chi connectivity index (χ1v) is 6.95. The summed E-state index contributed by atoms with van der Waals surface area (Å²) in [5, 5.41) is 0.367. The summed E-state index contributed by atoms with van der Waals surface area (Å²) < 4.78 is 9.90. The first kappa shape index (κ1) is 17.1. The van der Waals surface area contributed by atoms with Gasteiger partial charge in [-0.1, -0.05) is 23.7 Å². The van der Waals surface area contributed by atoms with Gasteiger partial charge in [0.05, 0.1) is 11.6 Å². The first-order valence-electron chi connectivity index (χ1n) is 6.57. The normalized spacial score (nSPS) is 10.3. The highest BCUT2D eigenvalue weighted by atomic mass is 35.5. The molecule has 6 nitrogen and oxygen atoms in total. The monoisotopic (exact) mass is 314 g/mol. The number of primary amides is 1. The standard InChI is InChI=1S/C14H19ClN2O4/c1-10(2)17(8-5-9-20-13(16)18)14(19)21-12-7-4-3-6-11(12)15/h3-4,6-7,10H,5,8-9H2,1-2H3,(H2,16,18). The molecule has 0 heterocycles. The lowest BCUT2D eigenvalue weighted by Gasteiger charge is -2.25. The van der Waals surface area contributed by atoms with Crippen molar-refractivity contribution in [3.05, 3.63) is 29.3 Å². The Kier molecular flexibility index (Phi) is 6.81. The van der Waals surface area contributed by atoms with Crippen LogP contribution in [0.15, 0.2) is 24.3 Å². The van der Waals surface area contributed by atoms with E-state index >= 15 is 0 Å². The summed E-state index contributed by atoms with van der Waals surface area (Å²) >= 11 is 5.95. The topological polar surface area (TPSA) is 81.9 Å². The van der Waals surface area contributed by atoms with Crippen LogP contribution in [-0.4, -0.2) is 36.3 Å². The summed E-state index contributed by atoms with van der Waals surface area (Å²) in [5.41, 5.74) is 4.87. The summed E-state index contributed by atoms with van der Waals surface area (Å²) in [6, 6.07) is 6.68. The third-order valence-corrected chi connectivity index (χ3v) is 2.99. The van der Waals surface area contributed by atoms with Gasteiger partial charge in [-0.05, 0) is 32.4 Å². The van der Waals surface area contributed by atoms with E-state index in [2.05, 4.69) is 4.74 Å². The quantitative estimate of drug-likeness (QED) is 0.818. The van der Waals surface area contributed by atoms with Crippen LogP contribution in [0.25, 0.3) is 0 Å². The third-order valence-electron chi connectivity index (χ3n) is 2.68. The van der Waals surface area contributed by atoms with E-state index < -0.39 is 12.2 Å². The number of para-hydroxylation sites is 1. The molecule has 0 spiro atoms. The lowest BCUT2D eigenvalue weighted by molar-refractivity contribution is 0.126. The molecule has 0 radical (unpaired) electrons. The summed E-state index contributed by atoms with van der Waals surface area (Å²) in [5.74, 6) is 0.309. The predicted octanol–water partition coefficient (Wildman–Crippen LogP) is 3.03. The van der Waals surface area contributed by atoms with Crippen LogP contribution < -0.4 is 10.5 Å². The van der Waals surface area contributed by atoms with Gasteiger partial charge in [0, 0.05) is 12.6 Å². The number of hydrogen-bond acceptors (Lipinski definition) is 4. The lowest BCUT2D eigenvalue weighted by Crippen LogP contribution is -2.40. The maximum Gasteiger partial charge on any atom is 0.415 e. The van der Waals surface area contributed by atoms with Crippen molar-refractivity contribution in [3.63, 3.8) is 0 Å². The summed E-state index contributed by atoms with van der Waals surface area (Å²) in [7, 11) is 0. The number of carbonyl (C=O) groups excluding carboxylic acids is 2. The first-order chi connectivity index (χ1) is 9.91. The van der Waals surface area contributed by atoms with Crippen molar-refractivity contribution in [3.8, 4) is 5.75 Å². The minimum atomic E-state index is -0.829. The van der Waals surface area contributed by atoms with Crippen molar-refractivity contribution in [2.75, 3.05) is 13.2 Å². The van der Waals surface area contributed by atoms with Crippen molar-refractivity contribution in [1.29, 1.82) is 0 Å². The summed E-state index contributed by atoms with van der Waals surface area (Å²) in [4.78, 5) is 24.1. The molecule has 1 aromatic rings. The second-order valence-corrected chi connectivity index (χ2v) is 5.01. The number of nitrogens with two attached hydrogens (primary N) is 1. The van der Waals surface area contributed by atoms with Crippen LogP contribution in [0.2, 0.25) is 5.02 Å². The van der Waals surface area contributed by atoms with E-state index in [0.29, 0.717) is 23.7 Å². The molecule has 1 aromatic carbocycles. The molecule has 116 valence electrons. The van der Waals surface area contributed by atoms with Gasteiger partial charge in [-0.2, -0.15) is 0 Å². The maximum absolute atomic E-state index is 12.1. The molecule has 0 saturated carbocycles. The van der Waals surface area contributed by atoms with E-state index in [-0.39, 0.29) is 12.6 Å². The van der Waals surface area contributed by atoms with Crippen LogP contribution in [0, 0.1) is 0 Å². The van der Waals surface area contributed by atoms with E-state index in [4.69, 9.17) is 22.1 Å². The Labute approximate surface area is 128 Å². The summed E-state index contributed by atoms with van der Waals surface area (Å²) in [6.07, 6.45) is -0.861. The molecule has 0 fully saturated rings. The Balaban J connectivity index is 2.57. The number of carbonyl (C=O) groups is 2. The molecule has 0 aliphatic rings. The molecule has 0 aromatic heterocycles. The number of nitrogens with zero attached hydrogens (tertiary/aromatic N) is 1. The Morgan fingerprint density at radius 3 is 2.57 bits per heavy atom. The molecule has 2 amide bonds. The predicted molar refractivity (Wildman–Crippen MR) is 79.5 cm³/mol. The van der Waals surface area contributed by atoms with Gasteiger partial charge in [0.2, 0.25) is 0 Å². The minimum absolute atomic E-state index is 0.0615. The number of amides is 2. The molecule has 1 rings (SSSR count). The molecule has 0 bridgehead atoms. The fourth-order valence-electron chi connectivity index (χ4n) is 1.65. The summed E-state index contributed by atoms with van der Waals surface area (Å²) in [6.45, 7) is 4.26. The molecule has 2 N–H and O–H groups in total. The third kappa shape index (κ3) is 5.91. The van der Waals surface area contributed by atoms with E-state index in [1.165, 1.54) is 4.90 Å². The molecule has 21 heavy (non-hydrogen) atoms. The Bertz CT molecular complexity index is 494. The van der Waals surface area contributed by atoms with Gasteiger partial charge >= 0.3 is 12.2 Å². The number of ether oxygens (including phenoxy) is 2. The fraction of sp³-hybridized carbons (Fsp3) is 0.429. The highest BCUT2D eigenvalue weighted by Gasteiger charge is 2.19. The van der Waals surface area contributed by atoms with E-state index in [1.807, 2.05) is 13.8 Å². The highest BCUT2D eigenvalue weighted by Crippen LogP contribution is 2.24. The SMILES string of the molecule is CC(C)N(CCCOC(N)=O)C(=O)Oc1ccccc1Cl. The second kappa shape index (κ2) is 8.36. The van der Waals surface area contributed by atoms with Crippen LogP contribution in [0.4, 0.5) is 9.59 Å².